The monoisotopic (exact) mass is 427 g/mol. The van der Waals surface area contributed by atoms with Crippen molar-refractivity contribution in [3.05, 3.63) is 71.8 Å². The smallest absolute Gasteiger partial charge is 0.459 e. The van der Waals surface area contributed by atoms with Gasteiger partial charge in [0.15, 0.2) is 0 Å². The molecule has 164 valence electrons. The quantitative estimate of drug-likeness (QED) is 0.421. The van der Waals surface area contributed by atoms with Gasteiger partial charge in [-0.1, -0.05) is 36.4 Å². The third-order valence-corrected chi connectivity index (χ3v) is 4.56. The van der Waals surface area contributed by atoms with Crippen molar-refractivity contribution < 1.29 is 33.0 Å². The summed E-state index contributed by atoms with van der Waals surface area (Å²) in [5, 5.41) is 0. The van der Waals surface area contributed by atoms with E-state index >= 15 is 0 Å². The maximum absolute atomic E-state index is 12.2. The van der Waals surface area contributed by atoms with Crippen LogP contribution in [0.25, 0.3) is 0 Å². The van der Waals surface area contributed by atoms with E-state index in [1.54, 1.807) is 48.5 Å². The standard InChI is InChI=1S/C22H26BNO7/c1-24(2)13-14-29-23-30-19(15-27-21(25)17-9-5-3-6-10-17)20(31-23)16-28-22(26)18-11-7-4-8-12-18/h3-12,19-20H,13-16H2,1-2H3/t19-,20-/m1/s1. The Morgan fingerprint density at radius 1 is 0.839 bits per heavy atom. The lowest BCUT2D eigenvalue weighted by atomic mass is 10.2. The van der Waals surface area contributed by atoms with Crippen LogP contribution in [0.1, 0.15) is 20.7 Å². The van der Waals surface area contributed by atoms with Crippen LogP contribution in [-0.2, 0) is 23.4 Å². The molecule has 0 amide bonds. The van der Waals surface area contributed by atoms with Gasteiger partial charge >= 0.3 is 19.3 Å². The van der Waals surface area contributed by atoms with Crippen molar-refractivity contribution in [2.75, 3.05) is 40.5 Å². The maximum Gasteiger partial charge on any atom is 0.640 e. The average Bonchev–Trinajstić information content (AvgIpc) is 3.18. The largest absolute Gasteiger partial charge is 0.640 e. The van der Waals surface area contributed by atoms with Crippen LogP contribution in [0.3, 0.4) is 0 Å². The Labute approximate surface area is 182 Å². The molecule has 0 unspecified atom stereocenters. The molecule has 0 bridgehead atoms. The van der Waals surface area contributed by atoms with Crippen molar-refractivity contribution in [2.45, 2.75) is 12.2 Å². The Morgan fingerprint density at radius 2 is 1.29 bits per heavy atom. The summed E-state index contributed by atoms with van der Waals surface area (Å²) in [5.74, 6) is -0.942. The van der Waals surface area contributed by atoms with Crippen LogP contribution in [0.15, 0.2) is 60.7 Å². The molecule has 0 spiro atoms. The first-order valence-corrected chi connectivity index (χ1v) is 10.0. The highest BCUT2D eigenvalue weighted by Gasteiger charge is 2.43. The van der Waals surface area contributed by atoms with Crippen LogP contribution in [0.4, 0.5) is 0 Å². The van der Waals surface area contributed by atoms with E-state index < -0.39 is 31.5 Å². The fourth-order valence-corrected chi connectivity index (χ4v) is 2.83. The third kappa shape index (κ3) is 7.18. The summed E-state index contributed by atoms with van der Waals surface area (Å²) in [5.41, 5.74) is 0.875. The molecule has 0 radical (unpaired) electrons. The molecule has 1 aliphatic rings. The number of nitrogens with zero attached hydrogens (tertiary/aromatic N) is 1. The van der Waals surface area contributed by atoms with E-state index in [1.807, 2.05) is 31.1 Å². The first-order valence-electron chi connectivity index (χ1n) is 10.0. The van der Waals surface area contributed by atoms with Crippen LogP contribution in [0.5, 0.6) is 0 Å². The minimum Gasteiger partial charge on any atom is -0.459 e. The van der Waals surface area contributed by atoms with E-state index in [-0.39, 0.29) is 13.2 Å². The zero-order chi connectivity index (χ0) is 22.1. The van der Waals surface area contributed by atoms with Gasteiger partial charge in [-0.2, -0.15) is 0 Å². The number of rotatable bonds is 10. The molecule has 0 N–H and O–H groups in total. The summed E-state index contributed by atoms with van der Waals surface area (Å²) in [4.78, 5) is 26.5. The minimum atomic E-state index is -0.930. The molecule has 0 aliphatic carbocycles. The van der Waals surface area contributed by atoms with Crippen molar-refractivity contribution in [1.29, 1.82) is 0 Å². The van der Waals surface area contributed by atoms with Gasteiger partial charge in [0.25, 0.3) is 0 Å². The summed E-state index contributed by atoms with van der Waals surface area (Å²) in [6, 6.07) is 17.3. The number of likely N-dealkylation sites (N-methyl/N-ethyl adjacent to an activating group) is 1. The molecule has 0 saturated carbocycles. The van der Waals surface area contributed by atoms with Crippen LogP contribution < -0.4 is 0 Å². The molecule has 1 fully saturated rings. The molecule has 8 nitrogen and oxygen atoms in total. The van der Waals surface area contributed by atoms with E-state index in [0.29, 0.717) is 24.3 Å². The van der Waals surface area contributed by atoms with Gasteiger partial charge in [0.05, 0.1) is 11.1 Å². The van der Waals surface area contributed by atoms with Crippen molar-refractivity contribution >= 4 is 19.3 Å². The van der Waals surface area contributed by atoms with Gasteiger partial charge in [0.1, 0.15) is 25.4 Å². The van der Waals surface area contributed by atoms with E-state index in [9.17, 15) is 9.59 Å². The predicted molar refractivity (Wildman–Crippen MR) is 113 cm³/mol. The molecule has 0 aromatic heterocycles. The van der Waals surface area contributed by atoms with Crippen molar-refractivity contribution in [1.82, 2.24) is 4.90 Å². The topological polar surface area (TPSA) is 83.5 Å². The fourth-order valence-electron chi connectivity index (χ4n) is 2.83. The van der Waals surface area contributed by atoms with E-state index in [0.717, 1.165) is 0 Å². The van der Waals surface area contributed by atoms with Gasteiger partial charge < -0.3 is 28.3 Å². The highest BCUT2D eigenvalue weighted by atomic mass is 16.8. The van der Waals surface area contributed by atoms with Gasteiger partial charge in [-0.05, 0) is 38.4 Å². The Kier molecular flexibility index (Phi) is 8.60. The summed E-state index contributed by atoms with van der Waals surface area (Å²) in [7, 11) is 2.93. The van der Waals surface area contributed by atoms with Crippen LogP contribution >= 0.6 is 0 Å². The molecule has 9 heteroatoms. The Hall–Kier alpha value is -2.72. The zero-order valence-electron chi connectivity index (χ0n) is 17.6. The number of carbonyl (C=O) groups is 2. The first kappa shape index (κ1) is 23.0. The summed E-state index contributed by atoms with van der Waals surface area (Å²) >= 11 is 0. The van der Waals surface area contributed by atoms with E-state index in [1.165, 1.54) is 0 Å². The molecule has 1 aliphatic heterocycles. The molecule has 1 saturated heterocycles. The predicted octanol–water partition coefficient (Wildman–Crippen LogP) is 2.05. The second-order valence-corrected chi connectivity index (χ2v) is 7.24. The number of hydrogen-bond acceptors (Lipinski definition) is 8. The van der Waals surface area contributed by atoms with Crippen molar-refractivity contribution in [2.24, 2.45) is 0 Å². The fraction of sp³-hybridized carbons (Fsp3) is 0.364. The summed E-state index contributed by atoms with van der Waals surface area (Å²) in [6.45, 7) is 0.957. The van der Waals surface area contributed by atoms with Gasteiger partial charge in [-0.25, -0.2) is 9.59 Å². The second-order valence-electron chi connectivity index (χ2n) is 7.24. The number of carbonyl (C=O) groups excluding carboxylic acids is 2. The second kappa shape index (κ2) is 11.6. The molecule has 2 aromatic carbocycles. The molecule has 2 atom stereocenters. The SMILES string of the molecule is CN(C)CCOB1O[C@H](COC(=O)c2ccccc2)[C@@H](COC(=O)c2ccccc2)O1. The summed E-state index contributed by atoms with van der Waals surface area (Å²) in [6.07, 6.45) is -1.28. The Bertz CT molecular complexity index is 771. The zero-order valence-corrected chi connectivity index (χ0v) is 17.6. The van der Waals surface area contributed by atoms with Gasteiger partial charge in [-0.15, -0.1) is 0 Å². The molecular weight excluding hydrogens is 401 g/mol. The minimum absolute atomic E-state index is 0.0607. The molecule has 31 heavy (non-hydrogen) atoms. The number of hydrogen-bond donors (Lipinski definition) is 0. The number of benzene rings is 2. The van der Waals surface area contributed by atoms with Crippen molar-refractivity contribution in [3.8, 4) is 0 Å². The van der Waals surface area contributed by atoms with Crippen LogP contribution in [0.2, 0.25) is 0 Å². The normalized spacial score (nSPS) is 18.2. The lowest BCUT2D eigenvalue weighted by molar-refractivity contribution is 0.00330. The molecular formula is C22H26BNO7. The van der Waals surface area contributed by atoms with Gasteiger partial charge in [0, 0.05) is 13.2 Å². The number of ether oxygens (including phenoxy) is 2. The Morgan fingerprint density at radius 3 is 1.71 bits per heavy atom. The van der Waals surface area contributed by atoms with E-state index in [2.05, 4.69) is 0 Å². The first-order chi connectivity index (χ1) is 15.0. The number of esters is 2. The van der Waals surface area contributed by atoms with Gasteiger partial charge in [-0.3, -0.25) is 0 Å². The van der Waals surface area contributed by atoms with Crippen LogP contribution in [-0.4, -0.2) is 76.8 Å². The van der Waals surface area contributed by atoms with Crippen molar-refractivity contribution in [3.63, 3.8) is 0 Å². The van der Waals surface area contributed by atoms with Gasteiger partial charge in [0.2, 0.25) is 0 Å². The molecule has 2 aromatic rings. The molecule has 1 heterocycles. The molecule has 3 rings (SSSR count). The van der Waals surface area contributed by atoms with E-state index in [4.69, 9.17) is 23.4 Å². The lowest BCUT2D eigenvalue weighted by Crippen LogP contribution is -2.33. The summed E-state index contributed by atoms with van der Waals surface area (Å²) < 4.78 is 27.8. The Balaban J connectivity index is 1.56. The van der Waals surface area contributed by atoms with Crippen LogP contribution in [0, 0.1) is 0 Å². The lowest BCUT2D eigenvalue weighted by Gasteiger charge is -2.18. The highest BCUT2D eigenvalue weighted by Crippen LogP contribution is 2.20. The third-order valence-electron chi connectivity index (χ3n) is 4.56. The highest BCUT2D eigenvalue weighted by molar-refractivity contribution is 6.37. The average molecular weight is 427 g/mol. The maximum atomic E-state index is 12.2.